The lowest BCUT2D eigenvalue weighted by Crippen LogP contribution is -2.71. The molecule has 0 amide bonds. The molecular formula is C43H62O2. The zero-order valence-corrected chi connectivity index (χ0v) is 30.0. The molecule has 9 atom stereocenters. The number of phenols is 2. The summed E-state index contributed by atoms with van der Waals surface area (Å²) in [5, 5.41) is 20.5. The average Bonchev–Trinajstić information content (AvgIpc) is 2.98. The fourth-order valence-corrected chi connectivity index (χ4v) is 14.6. The molecule has 0 unspecified atom stereocenters. The highest BCUT2D eigenvalue weighted by atomic mass is 16.3. The van der Waals surface area contributed by atoms with Crippen LogP contribution in [-0.4, -0.2) is 10.2 Å². The number of fused-ring (bicyclic) bond motifs is 7. The molecule has 5 aliphatic carbocycles. The minimum atomic E-state index is -0.142. The van der Waals surface area contributed by atoms with Gasteiger partial charge in [-0.3, -0.25) is 0 Å². The van der Waals surface area contributed by atoms with E-state index in [9.17, 15) is 10.2 Å². The zero-order chi connectivity index (χ0) is 32.5. The second kappa shape index (κ2) is 9.56. The van der Waals surface area contributed by atoms with E-state index in [1.165, 1.54) is 75.3 Å². The quantitative estimate of drug-likeness (QED) is 0.355. The van der Waals surface area contributed by atoms with Gasteiger partial charge in [0.15, 0.2) is 0 Å². The van der Waals surface area contributed by atoms with E-state index < -0.39 is 0 Å². The van der Waals surface area contributed by atoms with E-state index in [4.69, 9.17) is 0 Å². The fraction of sp³-hybridized carbons (Fsp3) is 0.721. The monoisotopic (exact) mass is 610 g/mol. The summed E-state index contributed by atoms with van der Waals surface area (Å²) in [6, 6.07) is 16.2. The second-order valence-corrected chi connectivity index (χ2v) is 19.5. The van der Waals surface area contributed by atoms with Crippen LogP contribution in [0.3, 0.4) is 0 Å². The summed E-state index contributed by atoms with van der Waals surface area (Å²) in [5.74, 6) is 2.57. The molecule has 0 radical (unpaired) electrons. The third-order valence-corrected chi connectivity index (χ3v) is 17.8. The average molecular weight is 611 g/mol. The number of aromatic hydroxyl groups is 2. The van der Waals surface area contributed by atoms with Gasteiger partial charge in [-0.1, -0.05) is 86.6 Å². The first kappa shape index (κ1) is 31.6. The van der Waals surface area contributed by atoms with E-state index in [1.807, 2.05) is 24.3 Å². The molecule has 246 valence electrons. The molecule has 2 heteroatoms. The Balaban J connectivity index is 1.30. The Bertz CT molecular complexity index is 1410. The Labute approximate surface area is 274 Å². The fourth-order valence-electron chi connectivity index (χ4n) is 14.6. The number of rotatable bonds is 2. The van der Waals surface area contributed by atoms with E-state index in [2.05, 4.69) is 86.6 Å². The van der Waals surface area contributed by atoms with Gasteiger partial charge >= 0.3 is 0 Å². The third kappa shape index (κ3) is 3.87. The maximum Gasteiger partial charge on any atom is 0.115 e. The predicted octanol–water partition coefficient (Wildman–Crippen LogP) is 11.7. The van der Waals surface area contributed by atoms with Gasteiger partial charge in [0.2, 0.25) is 0 Å². The Morgan fingerprint density at radius 3 is 1.64 bits per heavy atom. The van der Waals surface area contributed by atoms with E-state index in [1.54, 1.807) is 0 Å². The highest BCUT2D eigenvalue weighted by Gasteiger charge is 2.74. The molecule has 7 rings (SSSR count). The summed E-state index contributed by atoms with van der Waals surface area (Å²) >= 11 is 0. The Kier molecular flexibility index (Phi) is 6.72. The molecule has 2 nitrogen and oxygen atoms in total. The van der Waals surface area contributed by atoms with Crippen LogP contribution in [0.1, 0.15) is 144 Å². The standard InChI is InChI=1S/C43H62O2/c1-29-38(5)20-18-35-39(6,25-27-41(8)40(35,7)26-24-37(4)23-22-36(2,3)28-42(37,41)9)34(38)19-21-43(29,30-10-14-32(44)15-11-30)31-12-16-33(45)17-13-31/h10-17,29,34-35,44-45H,18-28H2,1-9H3/t29-,34-,35+,37-,38-,39+,40-,41-,42-/m1/s1. The summed E-state index contributed by atoms with van der Waals surface area (Å²) < 4.78 is 0. The lowest BCUT2D eigenvalue weighted by Gasteiger charge is -2.78. The summed E-state index contributed by atoms with van der Waals surface area (Å²) in [5.41, 5.74) is 5.05. The SMILES string of the molecule is C[C@H]1C(c2ccc(O)cc2)(c2ccc(O)cc2)CC[C@@H]2[C@]1(C)CC[C@H]1[C@@]2(C)CC[C@@]2(C)[C@]3(C)CC(C)(C)CC[C@]3(C)CC[C@]12C. The van der Waals surface area contributed by atoms with Crippen LogP contribution in [0.15, 0.2) is 48.5 Å². The van der Waals surface area contributed by atoms with Crippen molar-refractivity contribution in [3.63, 3.8) is 0 Å². The van der Waals surface area contributed by atoms with Gasteiger partial charge in [0.1, 0.15) is 11.5 Å². The zero-order valence-electron chi connectivity index (χ0n) is 30.0. The van der Waals surface area contributed by atoms with Gasteiger partial charge in [-0.25, -0.2) is 0 Å². The number of phenolic OH excluding ortho intramolecular Hbond substituents is 2. The first-order chi connectivity index (χ1) is 20.9. The van der Waals surface area contributed by atoms with Crippen molar-refractivity contribution in [3.05, 3.63) is 59.7 Å². The minimum absolute atomic E-state index is 0.142. The van der Waals surface area contributed by atoms with Crippen LogP contribution in [0.4, 0.5) is 0 Å². The van der Waals surface area contributed by atoms with E-state index in [0.717, 1.165) is 12.3 Å². The summed E-state index contributed by atoms with van der Waals surface area (Å²) in [4.78, 5) is 0. The molecule has 5 fully saturated rings. The highest BCUT2D eigenvalue weighted by Crippen LogP contribution is 2.82. The van der Waals surface area contributed by atoms with Gasteiger partial charge in [0.25, 0.3) is 0 Å². The molecule has 5 aliphatic rings. The predicted molar refractivity (Wildman–Crippen MR) is 186 cm³/mol. The topological polar surface area (TPSA) is 40.5 Å². The molecule has 0 saturated heterocycles. The van der Waals surface area contributed by atoms with Crippen LogP contribution in [-0.2, 0) is 5.41 Å². The van der Waals surface area contributed by atoms with Crippen LogP contribution in [0.25, 0.3) is 0 Å². The minimum Gasteiger partial charge on any atom is -0.508 e. The number of hydrogen-bond donors (Lipinski definition) is 2. The summed E-state index contributed by atoms with van der Waals surface area (Å²) in [6.07, 6.45) is 14.7. The van der Waals surface area contributed by atoms with Gasteiger partial charge in [-0.05, 0) is 162 Å². The van der Waals surface area contributed by atoms with Crippen molar-refractivity contribution in [1.29, 1.82) is 0 Å². The van der Waals surface area contributed by atoms with Crippen molar-refractivity contribution in [2.75, 3.05) is 0 Å². The van der Waals surface area contributed by atoms with Crippen molar-refractivity contribution in [2.24, 2.45) is 55.7 Å². The Morgan fingerprint density at radius 2 is 1.07 bits per heavy atom. The summed E-state index contributed by atoms with van der Waals surface area (Å²) in [6.45, 7) is 24.1. The maximum absolute atomic E-state index is 10.3. The molecule has 45 heavy (non-hydrogen) atoms. The van der Waals surface area contributed by atoms with Crippen LogP contribution in [0.5, 0.6) is 11.5 Å². The number of benzene rings is 2. The summed E-state index contributed by atoms with van der Waals surface area (Å²) in [7, 11) is 0. The van der Waals surface area contributed by atoms with Crippen molar-refractivity contribution in [2.45, 2.75) is 138 Å². The maximum atomic E-state index is 10.3. The lowest BCUT2D eigenvalue weighted by molar-refractivity contribution is -0.293. The molecule has 2 aromatic carbocycles. The second-order valence-electron chi connectivity index (χ2n) is 19.5. The first-order valence-electron chi connectivity index (χ1n) is 18.5. The van der Waals surface area contributed by atoms with Crippen LogP contribution >= 0.6 is 0 Å². The largest absolute Gasteiger partial charge is 0.508 e. The molecule has 2 aromatic rings. The van der Waals surface area contributed by atoms with Crippen molar-refractivity contribution in [3.8, 4) is 11.5 Å². The van der Waals surface area contributed by atoms with Crippen LogP contribution < -0.4 is 0 Å². The molecule has 0 aliphatic heterocycles. The highest BCUT2D eigenvalue weighted by molar-refractivity contribution is 5.45. The normalized spacial score (nSPS) is 46.6. The van der Waals surface area contributed by atoms with Gasteiger partial charge in [0, 0.05) is 5.41 Å². The lowest BCUT2D eigenvalue weighted by atomic mass is 9.26. The van der Waals surface area contributed by atoms with Crippen LogP contribution in [0, 0.1) is 55.7 Å². The van der Waals surface area contributed by atoms with Gasteiger partial charge in [-0.2, -0.15) is 0 Å². The van der Waals surface area contributed by atoms with Crippen molar-refractivity contribution in [1.82, 2.24) is 0 Å². The van der Waals surface area contributed by atoms with E-state index in [-0.39, 0.29) is 10.8 Å². The molecule has 0 heterocycles. The molecule has 0 aromatic heterocycles. The Morgan fingerprint density at radius 1 is 0.533 bits per heavy atom. The van der Waals surface area contributed by atoms with Crippen molar-refractivity contribution < 1.29 is 10.2 Å². The molecule has 5 saturated carbocycles. The van der Waals surface area contributed by atoms with Gasteiger partial charge < -0.3 is 10.2 Å². The van der Waals surface area contributed by atoms with E-state index in [0.29, 0.717) is 55.8 Å². The third-order valence-electron chi connectivity index (χ3n) is 17.8. The smallest absolute Gasteiger partial charge is 0.115 e. The van der Waals surface area contributed by atoms with Gasteiger partial charge in [-0.15, -0.1) is 0 Å². The van der Waals surface area contributed by atoms with Crippen molar-refractivity contribution >= 4 is 0 Å². The molecule has 0 bridgehead atoms. The van der Waals surface area contributed by atoms with Crippen LogP contribution in [0.2, 0.25) is 0 Å². The van der Waals surface area contributed by atoms with Gasteiger partial charge in [0.05, 0.1) is 0 Å². The van der Waals surface area contributed by atoms with E-state index >= 15 is 0 Å². The Hall–Kier alpha value is -1.96. The molecule has 2 N–H and O–H groups in total. The first-order valence-corrected chi connectivity index (χ1v) is 18.5. The number of hydrogen-bond acceptors (Lipinski definition) is 2. The molecular weight excluding hydrogens is 548 g/mol. The molecule has 0 spiro atoms.